The highest BCUT2D eigenvalue weighted by atomic mass is 28.3. The lowest BCUT2D eigenvalue weighted by atomic mass is 9.74. The maximum atomic E-state index is 2.56. The molecule has 3 aromatic carbocycles. The number of hydrogen-bond donors (Lipinski definition) is 0. The molecule has 0 N–H and O–H groups in total. The first-order valence-corrected chi connectivity index (χ1v) is 16.0. The molecule has 37 heavy (non-hydrogen) atoms. The van der Waals surface area contributed by atoms with Gasteiger partial charge < -0.3 is 4.90 Å². The second-order valence-electron chi connectivity index (χ2n) is 11.1. The van der Waals surface area contributed by atoms with Crippen molar-refractivity contribution in [1.82, 2.24) is 0 Å². The van der Waals surface area contributed by atoms with Crippen molar-refractivity contribution in [2.45, 2.75) is 78.2 Å². The Kier molecular flexibility index (Phi) is 8.59. The Morgan fingerprint density at radius 1 is 0.838 bits per heavy atom. The van der Waals surface area contributed by atoms with Crippen molar-refractivity contribution < 1.29 is 0 Å². The number of para-hydroxylation sites is 1. The summed E-state index contributed by atoms with van der Waals surface area (Å²) in [5, 5.41) is 3.09. The van der Waals surface area contributed by atoms with Crippen LogP contribution in [0, 0.1) is 13.8 Å². The van der Waals surface area contributed by atoms with Gasteiger partial charge in [0.1, 0.15) is 8.80 Å². The van der Waals surface area contributed by atoms with Gasteiger partial charge >= 0.3 is 0 Å². The van der Waals surface area contributed by atoms with Gasteiger partial charge in [-0.05, 0) is 85.9 Å². The smallest absolute Gasteiger partial charge is 0.112 e. The molecule has 1 nitrogen and oxygen atoms in total. The van der Waals surface area contributed by atoms with Crippen molar-refractivity contribution in [3.05, 3.63) is 107 Å². The molecule has 0 aliphatic heterocycles. The topological polar surface area (TPSA) is 3.24 Å². The fraction of sp³-hybridized carbons (Fsp3) is 0.371. The van der Waals surface area contributed by atoms with E-state index in [0.29, 0.717) is 5.54 Å². The minimum Gasteiger partial charge on any atom is -0.344 e. The zero-order valence-electron chi connectivity index (χ0n) is 24.0. The Morgan fingerprint density at radius 3 is 2.11 bits per heavy atom. The molecule has 1 aliphatic carbocycles. The Morgan fingerprint density at radius 2 is 1.51 bits per heavy atom. The molecule has 2 atom stereocenters. The van der Waals surface area contributed by atoms with Crippen LogP contribution in [0.3, 0.4) is 0 Å². The van der Waals surface area contributed by atoms with Gasteiger partial charge in [0.25, 0.3) is 0 Å². The Balaban J connectivity index is 1.95. The summed E-state index contributed by atoms with van der Waals surface area (Å²) in [6.07, 6.45) is 11.9. The molecule has 0 spiro atoms. The van der Waals surface area contributed by atoms with E-state index in [2.05, 4.69) is 138 Å². The second-order valence-corrected chi connectivity index (χ2v) is 14.2. The summed E-state index contributed by atoms with van der Waals surface area (Å²) in [4.78, 5) is 2.47. The molecular weight excluding hydrogens is 462 g/mol. The maximum Gasteiger partial charge on any atom is 0.112 e. The molecular formula is C35H45NSi. The van der Waals surface area contributed by atoms with Crippen LogP contribution in [-0.2, 0) is 5.41 Å². The number of benzene rings is 3. The van der Waals surface area contributed by atoms with Gasteiger partial charge in [-0.25, -0.2) is 0 Å². The van der Waals surface area contributed by atoms with Gasteiger partial charge in [-0.3, -0.25) is 0 Å². The molecule has 2 heteroatoms. The molecule has 4 rings (SSSR count). The molecule has 0 bridgehead atoms. The molecule has 0 fully saturated rings. The number of nitrogens with zero attached hydrogens (tertiary/aromatic N) is 1. The molecule has 0 amide bonds. The van der Waals surface area contributed by atoms with Crippen LogP contribution in [0.5, 0.6) is 0 Å². The summed E-state index contributed by atoms with van der Waals surface area (Å²) < 4.78 is 0. The van der Waals surface area contributed by atoms with Crippen LogP contribution in [0.4, 0.5) is 11.4 Å². The quantitative estimate of drug-likeness (QED) is 0.264. The molecule has 194 valence electrons. The van der Waals surface area contributed by atoms with Crippen molar-refractivity contribution >= 4 is 30.5 Å². The third kappa shape index (κ3) is 5.55. The zero-order chi connectivity index (χ0) is 26.6. The standard InChI is InChI=1S/C35H45NSi/c1-8-35(9-2,10-3)29-19-24-34(33(25-29)36(7)32-14-12-11-13-28(32)6)37(30-20-15-26(4)16-21-30)31-22-17-27(5)18-23-31/h11-22,24-25,31,37H,8-10,23H2,1-7H3/t31?,37-/m0/s1. The lowest BCUT2D eigenvalue weighted by Gasteiger charge is -2.35. The normalized spacial score (nSPS) is 16.4. The summed E-state index contributed by atoms with van der Waals surface area (Å²) in [5.74, 6) is 0. The third-order valence-electron chi connectivity index (χ3n) is 9.03. The van der Waals surface area contributed by atoms with Crippen molar-refractivity contribution in [2.24, 2.45) is 0 Å². The lowest BCUT2D eigenvalue weighted by molar-refractivity contribution is 0.382. The number of hydrogen-bond acceptors (Lipinski definition) is 1. The molecule has 0 saturated carbocycles. The largest absolute Gasteiger partial charge is 0.344 e. The van der Waals surface area contributed by atoms with Crippen molar-refractivity contribution in [3.63, 3.8) is 0 Å². The highest BCUT2D eigenvalue weighted by molar-refractivity contribution is 6.87. The van der Waals surface area contributed by atoms with E-state index < -0.39 is 8.80 Å². The van der Waals surface area contributed by atoms with E-state index in [4.69, 9.17) is 0 Å². The van der Waals surface area contributed by atoms with Crippen LogP contribution < -0.4 is 15.3 Å². The highest BCUT2D eigenvalue weighted by Crippen LogP contribution is 2.38. The number of aryl methyl sites for hydroxylation is 2. The predicted octanol–water partition coefficient (Wildman–Crippen LogP) is 8.16. The zero-order valence-corrected chi connectivity index (χ0v) is 25.2. The SMILES string of the molecule is CCC(CC)(CC)c1ccc([Si@@H](c2ccc(C)cc2)C2C=CC(C)=CC2)c(N(C)c2ccccc2C)c1. The van der Waals surface area contributed by atoms with Crippen molar-refractivity contribution in [2.75, 3.05) is 11.9 Å². The number of rotatable bonds is 9. The molecule has 3 aromatic rings. The van der Waals surface area contributed by atoms with Crippen LogP contribution in [0.25, 0.3) is 0 Å². The van der Waals surface area contributed by atoms with Crippen LogP contribution in [0.1, 0.15) is 70.1 Å². The van der Waals surface area contributed by atoms with Crippen molar-refractivity contribution in [3.8, 4) is 0 Å². The van der Waals surface area contributed by atoms with Crippen LogP contribution in [-0.4, -0.2) is 15.8 Å². The van der Waals surface area contributed by atoms with Gasteiger partial charge in [0.15, 0.2) is 0 Å². The van der Waals surface area contributed by atoms with Gasteiger partial charge in [-0.2, -0.15) is 0 Å². The summed E-state index contributed by atoms with van der Waals surface area (Å²) >= 11 is 0. The predicted molar refractivity (Wildman–Crippen MR) is 167 cm³/mol. The van der Waals surface area contributed by atoms with Crippen molar-refractivity contribution in [1.29, 1.82) is 0 Å². The third-order valence-corrected chi connectivity index (χ3v) is 12.6. The van der Waals surface area contributed by atoms with Crippen LogP contribution in [0.2, 0.25) is 5.54 Å². The van der Waals surface area contributed by atoms with Gasteiger partial charge in [0.2, 0.25) is 0 Å². The molecule has 0 aromatic heterocycles. The van der Waals surface area contributed by atoms with Gasteiger partial charge in [0, 0.05) is 18.4 Å². The van der Waals surface area contributed by atoms with Crippen LogP contribution >= 0.6 is 0 Å². The van der Waals surface area contributed by atoms with E-state index in [-0.39, 0.29) is 5.41 Å². The number of allylic oxidation sites excluding steroid dienone is 4. The van der Waals surface area contributed by atoms with E-state index in [0.717, 1.165) is 6.42 Å². The molecule has 1 unspecified atom stereocenters. The fourth-order valence-corrected chi connectivity index (χ4v) is 9.84. The van der Waals surface area contributed by atoms with E-state index in [1.54, 1.807) is 5.19 Å². The Hall–Kier alpha value is -2.84. The average molecular weight is 508 g/mol. The fourth-order valence-electron chi connectivity index (χ4n) is 6.28. The summed E-state index contributed by atoms with van der Waals surface area (Å²) in [6.45, 7) is 13.7. The average Bonchev–Trinajstić information content (AvgIpc) is 2.92. The molecule has 0 saturated heterocycles. The highest BCUT2D eigenvalue weighted by Gasteiger charge is 2.32. The first-order chi connectivity index (χ1) is 17.8. The Labute approximate surface area is 227 Å². The summed E-state index contributed by atoms with van der Waals surface area (Å²) in [5.41, 5.74) is 9.01. The van der Waals surface area contributed by atoms with Crippen LogP contribution in [0.15, 0.2) is 90.5 Å². The minimum absolute atomic E-state index is 0.228. The molecule has 0 radical (unpaired) electrons. The molecule has 1 aliphatic rings. The second kappa shape index (κ2) is 11.7. The number of anilines is 2. The van der Waals surface area contributed by atoms with Gasteiger partial charge in [-0.15, -0.1) is 0 Å². The van der Waals surface area contributed by atoms with E-state index >= 15 is 0 Å². The maximum absolute atomic E-state index is 2.56. The summed E-state index contributed by atoms with van der Waals surface area (Å²) in [6, 6.07) is 25.8. The van der Waals surface area contributed by atoms with E-state index in [9.17, 15) is 0 Å². The van der Waals surface area contributed by atoms with Gasteiger partial charge in [-0.1, -0.05) is 110 Å². The molecule has 0 heterocycles. The van der Waals surface area contributed by atoms with E-state index in [1.807, 2.05) is 0 Å². The first-order valence-electron chi connectivity index (χ1n) is 14.2. The lowest BCUT2D eigenvalue weighted by Crippen LogP contribution is -2.47. The van der Waals surface area contributed by atoms with E-state index in [1.165, 1.54) is 58.1 Å². The minimum atomic E-state index is -1.59. The monoisotopic (exact) mass is 507 g/mol. The Bertz CT molecular complexity index is 1250. The summed E-state index contributed by atoms with van der Waals surface area (Å²) in [7, 11) is 0.687. The van der Waals surface area contributed by atoms with Gasteiger partial charge in [0.05, 0.1) is 0 Å². The first kappa shape index (κ1) is 27.2.